The minimum atomic E-state index is -0.256. The van der Waals surface area contributed by atoms with Gasteiger partial charge >= 0.3 is 0 Å². The Hall–Kier alpha value is -3.87. The molecule has 1 aliphatic heterocycles. The third kappa shape index (κ3) is 3.70. The summed E-state index contributed by atoms with van der Waals surface area (Å²) >= 11 is 0. The Morgan fingerprint density at radius 2 is 1.71 bits per heavy atom. The van der Waals surface area contributed by atoms with Crippen LogP contribution in [0.4, 0.5) is 11.4 Å². The van der Waals surface area contributed by atoms with Gasteiger partial charge in [-0.15, -0.1) is 0 Å². The van der Waals surface area contributed by atoms with Crippen molar-refractivity contribution in [2.45, 2.75) is 19.9 Å². The Labute approximate surface area is 180 Å². The molecule has 2 aromatic carbocycles. The highest BCUT2D eigenvalue weighted by atomic mass is 16.3. The van der Waals surface area contributed by atoms with E-state index in [9.17, 15) is 14.4 Å². The van der Waals surface area contributed by atoms with Crippen molar-refractivity contribution in [3.05, 3.63) is 72.2 Å². The van der Waals surface area contributed by atoms with Crippen LogP contribution in [-0.2, 0) is 4.79 Å². The molecule has 1 atom stereocenters. The monoisotopic (exact) mass is 417 g/mol. The van der Waals surface area contributed by atoms with Crippen molar-refractivity contribution in [3.63, 3.8) is 0 Å². The molecule has 158 valence electrons. The van der Waals surface area contributed by atoms with Crippen molar-refractivity contribution in [1.29, 1.82) is 0 Å². The van der Waals surface area contributed by atoms with Crippen molar-refractivity contribution in [2.24, 2.45) is 0 Å². The van der Waals surface area contributed by atoms with E-state index in [4.69, 9.17) is 4.42 Å². The lowest BCUT2D eigenvalue weighted by Crippen LogP contribution is -2.51. The van der Waals surface area contributed by atoms with Crippen LogP contribution < -0.4 is 15.1 Å². The van der Waals surface area contributed by atoms with Crippen molar-refractivity contribution >= 4 is 29.1 Å². The number of nitrogens with one attached hydrogen (secondary N) is 1. The molecule has 0 radical (unpaired) electrons. The Kier molecular flexibility index (Phi) is 5.33. The Morgan fingerprint density at radius 3 is 2.32 bits per heavy atom. The number of carbonyl (C=O) groups excluding carboxylic acids is 3. The van der Waals surface area contributed by atoms with Crippen LogP contribution in [0.25, 0.3) is 11.1 Å². The fourth-order valence-electron chi connectivity index (χ4n) is 3.97. The molecule has 4 rings (SSSR count). The molecule has 0 spiro atoms. The lowest BCUT2D eigenvalue weighted by molar-refractivity contribution is -0.117. The molecule has 7 nitrogen and oxygen atoms in total. The van der Waals surface area contributed by atoms with E-state index >= 15 is 0 Å². The number of amides is 3. The Bertz CT molecular complexity index is 1140. The summed E-state index contributed by atoms with van der Waals surface area (Å²) < 4.78 is 5.32. The average Bonchev–Trinajstić information content (AvgIpc) is 3.32. The van der Waals surface area contributed by atoms with Gasteiger partial charge in [0.05, 0.1) is 23.7 Å². The SMILES string of the molecule is CNC(=O)c1ccc(-c2ccc3c(c2)N(C(=O)c2ccco2)C[C@H](C)N3C(C)=O)cc1. The van der Waals surface area contributed by atoms with Gasteiger partial charge in [-0.3, -0.25) is 14.4 Å². The molecule has 0 saturated carbocycles. The molecule has 3 amide bonds. The van der Waals surface area contributed by atoms with Gasteiger partial charge in [-0.1, -0.05) is 18.2 Å². The quantitative estimate of drug-likeness (QED) is 0.704. The van der Waals surface area contributed by atoms with Crippen LogP contribution in [0, 0.1) is 0 Å². The molecule has 7 heteroatoms. The van der Waals surface area contributed by atoms with Gasteiger partial charge in [0.1, 0.15) is 0 Å². The van der Waals surface area contributed by atoms with E-state index in [1.165, 1.54) is 13.2 Å². The van der Waals surface area contributed by atoms with E-state index in [1.54, 1.807) is 41.1 Å². The first-order chi connectivity index (χ1) is 14.9. The number of hydrogen-bond donors (Lipinski definition) is 1. The molecule has 0 unspecified atom stereocenters. The maximum absolute atomic E-state index is 13.1. The number of carbonyl (C=O) groups is 3. The standard InChI is InChI=1S/C24H23N3O4/c1-15-14-26(24(30)22-5-4-12-31-22)21-13-19(10-11-20(21)27(15)16(2)28)17-6-8-18(9-7-17)23(29)25-3/h4-13,15H,14H2,1-3H3,(H,25,29)/t15-/m0/s1. The van der Waals surface area contributed by atoms with Crippen molar-refractivity contribution in [2.75, 3.05) is 23.4 Å². The summed E-state index contributed by atoms with van der Waals surface area (Å²) in [7, 11) is 1.59. The zero-order chi connectivity index (χ0) is 22.1. The third-order valence-electron chi connectivity index (χ3n) is 5.44. The number of anilines is 2. The minimum Gasteiger partial charge on any atom is -0.459 e. The number of fused-ring (bicyclic) bond motifs is 1. The number of rotatable bonds is 3. The maximum Gasteiger partial charge on any atom is 0.294 e. The molecular formula is C24H23N3O4. The fourth-order valence-corrected chi connectivity index (χ4v) is 3.97. The van der Waals surface area contributed by atoms with Gasteiger partial charge in [0.2, 0.25) is 5.91 Å². The van der Waals surface area contributed by atoms with Crippen molar-refractivity contribution in [3.8, 4) is 11.1 Å². The summed E-state index contributed by atoms with van der Waals surface area (Å²) in [6, 6.07) is 16.0. The molecule has 31 heavy (non-hydrogen) atoms. The van der Waals surface area contributed by atoms with E-state index in [0.717, 1.165) is 11.1 Å². The second kappa shape index (κ2) is 8.10. The minimum absolute atomic E-state index is 0.0819. The van der Waals surface area contributed by atoms with Crippen LogP contribution in [0.3, 0.4) is 0 Å². The summed E-state index contributed by atoms with van der Waals surface area (Å²) in [5.41, 5.74) is 3.65. The first kappa shape index (κ1) is 20.4. The molecule has 1 aromatic heterocycles. The highest BCUT2D eigenvalue weighted by Crippen LogP contribution is 2.39. The van der Waals surface area contributed by atoms with E-state index in [2.05, 4.69) is 5.32 Å². The predicted molar refractivity (Wildman–Crippen MR) is 118 cm³/mol. The number of nitrogens with zero attached hydrogens (tertiary/aromatic N) is 2. The molecule has 1 N–H and O–H groups in total. The maximum atomic E-state index is 13.1. The summed E-state index contributed by atoms with van der Waals surface area (Å²) in [6.07, 6.45) is 1.47. The van der Waals surface area contributed by atoms with Gasteiger partial charge in [-0.05, 0) is 54.4 Å². The molecule has 3 aromatic rings. The van der Waals surface area contributed by atoms with Gasteiger partial charge in [-0.25, -0.2) is 0 Å². The summed E-state index contributed by atoms with van der Waals surface area (Å²) in [5, 5.41) is 2.60. The highest BCUT2D eigenvalue weighted by Gasteiger charge is 2.34. The summed E-state index contributed by atoms with van der Waals surface area (Å²) in [6.45, 7) is 3.79. The first-order valence-corrected chi connectivity index (χ1v) is 10.0. The van der Waals surface area contributed by atoms with Gasteiger partial charge in [0, 0.05) is 26.1 Å². The summed E-state index contributed by atoms with van der Waals surface area (Å²) in [5.74, 6) is -0.247. The van der Waals surface area contributed by atoms with Crippen LogP contribution in [-0.4, -0.2) is 37.4 Å². The average molecular weight is 417 g/mol. The molecule has 0 bridgehead atoms. The Morgan fingerprint density at radius 1 is 1.00 bits per heavy atom. The molecule has 1 aliphatic rings. The Balaban J connectivity index is 1.79. The molecule has 0 saturated heterocycles. The van der Waals surface area contributed by atoms with Gasteiger partial charge in [-0.2, -0.15) is 0 Å². The van der Waals surface area contributed by atoms with Crippen LogP contribution in [0.5, 0.6) is 0 Å². The smallest absolute Gasteiger partial charge is 0.294 e. The summed E-state index contributed by atoms with van der Waals surface area (Å²) in [4.78, 5) is 40.6. The normalized spacial score (nSPS) is 15.4. The topological polar surface area (TPSA) is 82.9 Å². The molecule has 0 fully saturated rings. The zero-order valence-corrected chi connectivity index (χ0v) is 17.6. The van der Waals surface area contributed by atoms with E-state index < -0.39 is 0 Å². The van der Waals surface area contributed by atoms with Crippen LogP contribution in [0.15, 0.2) is 65.3 Å². The highest BCUT2D eigenvalue weighted by molar-refractivity contribution is 6.10. The van der Waals surface area contributed by atoms with E-state index in [-0.39, 0.29) is 29.5 Å². The molecular weight excluding hydrogens is 394 g/mol. The third-order valence-corrected chi connectivity index (χ3v) is 5.44. The fraction of sp³-hybridized carbons (Fsp3) is 0.208. The van der Waals surface area contributed by atoms with Crippen LogP contribution >= 0.6 is 0 Å². The van der Waals surface area contributed by atoms with Gasteiger partial charge in [0.15, 0.2) is 5.76 Å². The van der Waals surface area contributed by atoms with Crippen molar-refractivity contribution < 1.29 is 18.8 Å². The van der Waals surface area contributed by atoms with Crippen molar-refractivity contribution in [1.82, 2.24) is 5.32 Å². The molecule has 0 aliphatic carbocycles. The lowest BCUT2D eigenvalue weighted by atomic mass is 9.99. The lowest BCUT2D eigenvalue weighted by Gasteiger charge is -2.40. The number of furan rings is 1. The number of hydrogen-bond acceptors (Lipinski definition) is 4. The van der Waals surface area contributed by atoms with E-state index in [0.29, 0.717) is 23.5 Å². The second-order valence-corrected chi connectivity index (χ2v) is 7.49. The second-order valence-electron chi connectivity index (χ2n) is 7.49. The van der Waals surface area contributed by atoms with Crippen LogP contribution in [0.2, 0.25) is 0 Å². The van der Waals surface area contributed by atoms with Gasteiger partial charge in [0.25, 0.3) is 11.8 Å². The number of benzene rings is 2. The predicted octanol–water partition coefficient (Wildman–Crippen LogP) is 3.71. The van der Waals surface area contributed by atoms with Gasteiger partial charge < -0.3 is 19.5 Å². The first-order valence-electron chi connectivity index (χ1n) is 10.0. The zero-order valence-electron chi connectivity index (χ0n) is 17.6. The largest absolute Gasteiger partial charge is 0.459 e. The van der Waals surface area contributed by atoms with Crippen LogP contribution in [0.1, 0.15) is 34.8 Å². The van der Waals surface area contributed by atoms with E-state index in [1.807, 2.05) is 37.3 Å². The molecule has 2 heterocycles.